The summed E-state index contributed by atoms with van der Waals surface area (Å²) in [6, 6.07) is 30.0. The van der Waals surface area contributed by atoms with E-state index >= 15 is 0 Å². The first-order valence-corrected chi connectivity index (χ1v) is 14.2. The molecule has 8 nitrogen and oxygen atoms in total. The van der Waals surface area contributed by atoms with E-state index in [0.717, 1.165) is 44.4 Å². The Balaban J connectivity index is 1.24. The van der Waals surface area contributed by atoms with Gasteiger partial charge in [-0.05, 0) is 61.4 Å². The second-order valence-corrected chi connectivity index (χ2v) is 10.3. The number of carbonyl (C=O) groups is 1. The van der Waals surface area contributed by atoms with Crippen LogP contribution in [0.5, 0.6) is 17.2 Å². The highest BCUT2D eigenvalue weighted by atomic mass is 16.5. The van der Waals surface area contributed by atoms with Gasteiger partial charge in [-0.2, -0.15) is 0 Å². The minimum atomic E-state index is -0.823. The van der Waals surface area contributed by atoms with Crippen LogP contribution in [0.3, 0.4) is 0 Å². The predicted molar refractivity (Wildman–Crippen MR) is 165 cm³/mol. The van der Waals surface area contributed by atoms with Gasteiger partial charge in [-0.15, -0.1) is 0 Å². The number of fused-ring (bicyclic) bond motifs is 3. The molecule has 0 amide bonds. The van der Waals surface area contributed by atoms with Crippen molar-refractivity contribution in [2.24, 2.45) is 0 Å². The predicted octanol–water partition coefficient (Wildman–Crippen LogP) is 7.64. The minimum absolute atomic E-state index is 0.0756. The summed E-state index contributed by atoms with van der Waals surface area (Å²) in [4.78, 5) is 15.6. The van der Waals surface area contributed by atoms with Gasteiger partial charge in [0.2, 0.25) is 5.89 Å². The van der Waals surface area contributed by atoms with Crippen LogP contribution >= 0.6 is 0 Å². The third-order valence-electron chi connectivity index (χ3n) is 7.40. The van der Waals surface area contributed by atoms with Crippen LogP contribution in [0.15, 0.2) is 95.4 Å². The second kappa shape index (κ2) is 12.3. The van der Waals surface area contributed by atoms with Gasteiger partial charge < -0.3 is 28.3 Å². The molecular weight excluding hydrogens is 544 g/mol. The molecule has 2 aromatic heterocycles. The molecule has 0 fully saturated rings. The third-order valence-corrected chi connectivity index (χ3v) is 7.40. The smallest absolute Gasteiger partial charge is 0.303 e. The lowest BCUT2D eigenvalue weighted by molar-refractivity contribution is -0.137. The Labute approximate surface area is 249 Å². The maximum Gasteiger partial charge on any atom is 0.303 e. The van der Waals surface area contributed by atoms with Gasteiger partial charge in [-0.3, -0.25) is 4.79 Å². The summed E-state index contributed by atoms with van der Waals surface area (Å²) in [5.74, 6) is 2.46. The van der Waals surface area contributed by atoms with Crippen LogP contribution in [-0.2, 0) is 17.9 Å². The molecule has 0 spiro atoms. The van der Waals surface area contributed by atoms with E-state index in [2.05, 4.69) is 27.8 Å². The molecule has 0 aliphatic rings. The summed E-state index contributed by atoms with van der Waals surface area (Å²) < 4.78 is 26.1. The molecule has 4 aromatic carbocycles. The Bertz CT molecular complexity index is 1890. The molecule has 6 rings (SSSR count). The van der Waals surface area contributed by atoms with E-state index in [0.29, 0.717) is 42.7 Å². The molecule has 6 aromatic rings. The van der Waals surface area contributed by atoms with Gasteiger partial charge >= 0.3 is 5.97 Å². The van der Waals surface area contributed by atoms with E-state index in [4.69, 9.17) is 23.7 Å². The summed E-state index contributed by atoms with van der Waals surface area (Å²) in [5.41, 5.74) is 4.81. The van der Waals surface area contributed by atoms with Crippen molar-refractivity contribution in [1.29, 1.82) is 0 Å². The number of hydrogen-bond acceptors (Lipinski definition) is 6. The van der Waals surface area contributed by atoms with Crippen molar-refractivity contribution in [2.45, 2.75) is 32.9 Å². The number of oxazole rings is 1. The van der Waals surface area contributed by atoms with Gasteiger partial charge in [0, 0.05) is 34.8 Å². The fourth-order valence-corrected chi connectivity index (χ4v) is 5.29. The minimum Gasteiger partial charge on any atom is -0.493 e. The molecule has 43 heavy (non-hydrogen) atoms. The fraction of sp³-hybridized carbons (Fsp3) is 0.200. The Kier molecular flexibility index (Phi) is 8.00. The van der Waals surface area contributed by atoms with Gasteiger partial charge in [0.15, 0.2) is 11.5 Å². The molecule has 0 aliphatic carbocycles. The summed E-state index contributed by atoms with van der Waals surface area (Å²) in [6.45, 7) is 3.08. The Morgan fingerprint density at radius 3 is 2.49 bits per heavy atom. The number of aliphatic carboxylic acids is 1. The molecule has 0 bridgehead atoms. The van der Waals surface area contributed by atoms with Gasteiger partial charge in [0.1, 0.15) is 23.8 Å². The topological polar surface area (TPSA) is 96.0 Å². The van der Waals surface area contributed by atoms with Gasteiger partial charge in [0.05, 0.1) is 19.2 Å². The van der Waals surface area contributed by atoms with Crippen LogP contribution in [0.2, 0.25) is 0 Å². The maximum absolute atomic E-state index is 10.9. The van der Waals surface area contributed by atoms with Crippen molar-refractivity contribution in [3.05, 3.63) is 108 Å². The second-order valence-electron chi connectivity index (χ2n) is 10.3. The highest BCUT2D eigenvalue weighted by Crippen LogP contribution is 2.37. The SMILES string of the molecule is COc1cc(Cn2c3ccccc3c3c(OCCCC(=O)O)cccc32)ccc1OCc1nc(-c2ccccc2)oc1C. The molecule has 0 atom stereocenters. The van der Waals surface area contributed by atoms with Gasteiger partial charge in [-0.25, -0.2) is 4.98 Å². The first-order chi connectivity index (χ1) is 21.0. The van der Waals surface area contributed by atoms with Crippen LogP contribution in [-0.4, -0.2) is 34.3 Å². The number of methoxy groups -OCH3 is 1. The number of carboxylic acids is 1. The lowest BCUT2D eigenvalue weighted by Gasteiger charge is -2.13. The van der Waals surface area contributed by atoms with E-state index < -0.39 is 5.97 Å². The quantitative estimate of drug-likeness (QED) is 0.150. The zero-order valence-electron chi connectivity index (χ0n) is 24.1. The summed E-state index contributed by atoms with van der Waals surface area (Å²) in [7, 11) is 1.63. The molecule has 0 aliphatic heterocycles. The summed E-state index contributed by atoms with van der Waals surface area (Å²) in [6.07, 6.45) is 0.523. The van der Waals surface area contributed by atoms with E-state index in [1.54, 1.807) is 7.11 Å². The summed E-state index contributed by atoms with van der Waals surface area (Å²) in [5, 5.41) is 11.1. The molecular formula is C35H32N2O6. The Hall–Kier alpha value is -5.24. The highest BCUT2D eigenvalue weighted by molar-refractivity contribution is 6.11. The number of nitrogens with zero attached hydrogens (tertiary/aromatic N) is 2. The monoisotopic (exact) mass is 576 g/mol. The van der Waals surface area contributed by atoms with E-state index in [1.807, 2.05) is 79.7 Å². The molecule has 1 N–H and O–H groups in total. The number of hydrogen-bond donors (Lipinski definition) is 1. The zero-order valence-corrected chi connectivity index (χ0v) is 24.1. The lowest BCUT2D eigenvalue weighted by atomic mass is 10.1. The number of carboxylic acid groups (broad SMARTS) is 1. The van der Waals surface area contributed by atoms with E-state index in [9.17, 15) is 4.79 Å². The molecule has 0 saturated carbocycles. The normalized spacial score (nSPS) is 11.2. The standard InChI is InChI=1S/C35H32N2O6/c1-23-27(36-35(43-23)25-10-4-3-5-11-25)22-42-30-18-17-24(20-32(30)40-2)21-37-28-13-7-6-12-26(28)34-29(37)14-8-15-31(34)41-19-9-16-33(38)39/h3-8,10-15,17-18,20H,9,16,19,21-22H2,1-2H3,(H,38,39). The van der Waals surface area contributed by atoms with Crippen LogP contribution in [0, 0.1) is 6.92 Å². The van der Waals surface area contributed by atoms with Crippen molar-refractivity contribution in [1.82, 2.24) is 9.55 Å². The molecule has 0 radical (unpaired) electrons. The van der Waals surface area contributed by atoms with E-state index in [-0.39, 0.29) is 13.0 Å². The molecule has 0 unspecified atom stereocenters. The summed E-state index contributed by atoms with van der Waals surface area (Å²) >= 11 is 0. The fourth-order valence-electron chi connectivity index (χ4n) is 5.29. The number of benzene rings is 4. The lowest BCUT2D eigenvalue weighted by Crippen LogP contribution is -2.03. The number of aryl methyl sites for hydroxylation is 1. The van der Waals surface area contributed by atoms with E-state index in [1.165, 1.54) is 0 Å². The zero-order chi connectivity index (χ0) is 29.8. The highest BCUT2D eigenvalue weighted by Gasteiger charge is 2.17. The van der Waals surface area contributed by atoms with Gasteiger partial charge in [0.25, 0.3) is 0 Å². The van der Waals surface area contributed by atoms with Crippen molar-refractivity contribution in [3.8, 4) is 28.7 Å². The van der Waals surface area contributed by atoms with Crippen LogP contribution < -0.4 is 14.2 Å². The van der Waals surface area contributed by atoms with Gasteiger partial charge in [-0.1, -0.05) is 48.5 Å². The molecule has 218 valence electrons. The van der Waals surface area contributed by atoms with Crippen molar-refractivity contribution < 1.29 is 28.5 Å². The largest absolute Gasteiger partial charge is 0.493 e. The number of ether oxygens (including phenoxy) is 3. The molecule has 0 saturated heterocycles. The first-order valence-electron chi connectivity index (χ1n) is 14.2. The Morgan fingerprint density at radius 2 is 1.67 bits per heavy atom. The number of aromatic nitrogens is 2. The van der Waals surface area contributed by atoms with Crippen LogP contribution in [0.25, 0.3) is 33.3 Å². The number of rotatable bonds is 12. The third kappa shape index (κ3) is 5.90. The number of para-hydroxylation sites is 1. The molecule has 8 heteroatoms. The average molecular weight is 577 g/mol. The van der Waals surface area contributed by atoms with Crippen LogP contribution in [0.1, 0.15) is 29.9 Å². The first kappa shape index (κ1) is 27.9. The average Bonchev–Trinajstić information content (AvgIpc) is 3.56. The Morgan fingerprint density at radius 1 is 0.884 bits per heavy atom. The van der Waals surface area contributed by atoms with Crippen molar-refractivity contribution in [3.63, 3.8) is 0 Å². The molecule has 2 heterocycles. The van der Waals surface area contributed by atoms with Crippen molar-refractivity contribution >= 4 is 27.8 Å². The van der Waals surface area contributed by atoms with Crippen molar-refractivity contribution in [2.75, 3.05) is 13.7 Å². The van der Waals surface area contributed by atoms with Crippen LogP contribution in [0.4, 0.5) is 0 Å². The maximum atomic E-state index is 10.9.